The molecule has 0 unspecified atom stereocenters. The normalized spacial score (nSPS) is 14.1. The standard InChI is InChI=1S/C28H30ClFN6O2/c1-17-13-21(36-11-7-20(8-12-36)33-24(37)16-30)15-23-26(17)35-27(34-23)25-22(6-10-32-28(25)38)31-9-5-18-3-2-4-19(29)14-18/h2-4,6,10,13-15,20H,5,7-9,11-12,16H2,1H3,(H,33,37)(H,34,35)(H2,31,32,38). The Kier molecular flexibility index (Phi) is 7.64. The van der Waals surface area contributed by atoms with Crippen molar-refractivity contribution in [1.29, 1.82) is 0 Å². The number of aromatic nitrogens is 3. The van der Waals surface area contributed by atoms with Gasteiger partial charge in [0.1, 0.15) is 11.4 Å². The van der Waals surface area contributed by atoms with Crippen LogP contribution in [-0.4, -0.2) is 53.2 Å². The summed E-state index contributed by atoms with van der Waals surface area (Å²) < 4.78 is 12.5. The van der Waals surface area contributed by atoms with Crippen molar-refractivity contribution in [3.8, 4) is 11.4 Å². The van der Waals surface area contributed by atoms with Crippen LogP contribution in [0.1, 0.15) is 24.0 Å². The molecule has 1 saturated heterocycles. The number of hydrogen-bond acceptors (Lipinski definition) is 5. The SMILES string of the molecule is Cc1cc(N2CCC(NC(=O)CF)CC2)cc2[nH]c(-c3c(NCCc4cccc(Cl)c4)cc[nH]c3=O)nc12. The van der Waals surface area contributed by atoms with Crippen LogP contribution in [0.25, 0.3) is 22.4 Å². The number of amides is 1. The van der Waals surface area contributed by atoms with E-state index < -0.39 is 12.6 Å². The number of piperidine rings is 1. The highest BCUT2D eigenvalue weighted by Gasteiger charge is 2.22. The van der Waals surface area contributed by atoms with Crippen molar-refractivity contribution < 1.29 is 9.18 Å². The number of fused-ring (bicyclic) bond motifs is 1. The van der Waals surface area contributed by atoms with E-state index in [2.05, 4.69) is 31.6 Å². The lowest BCUT2D eigenvalue weighted by Gasteiger charge is -2.34. The zero-order valence-electron chi connectivity index (χ0n) is 21.1. The minimum Gasteiger partial charge on any atom is -0.384 e. The van der Waals surface area contributed by atoms with Gasteiger partial charge < -0.3 is 25.5 Å². The summed E-state index contributed by atoms with van der Waals surface area (Å²) in [6.45, 7) is 3.15. The molecule has 8 nitrogen and oxygen atoms in total. The second kappa shape index (κ2) is 11.3. The topological polar surface area (TPSA) is 106 Å². The third-order valence-electron chi connectivity index (χ3n) is 6.92. The van der Waals surface area contributed by atoms with Gasteiger partial charge in [0.15, 0.2) is 6.67 Å². The van der Waals surface area contributed by atoms with Gasteiger partial charge in [-0.05, 0) is 67.6 Å². The zero-order valence-corrected chi connectivity index (χ0v) is 21.9. The predicted octanol–water partition coefficient (Wildman–Crippen LogP) is 4.59. The monoisotopic (exact) mass is 536 g/mol. The summed E-state index contributed by atoms with van der Waals surface area (Å²) in [6.07, 6.45) is 3.88. The summed E-state index contributed by atoms with van der Waals surface area (Å²) in [5.41, 5.74) is 5.73. The van der Waals surface area contributed by atoms with Gasteiger partial charge in [-0.25, -0.2) is 9.37 Å². The molecule has 3 heterocycles. The van der Waals surface area contributed by atoms with Crippen LogP contribution in [0.2, 0.25) is 5.02 Å². The zero-order chi connectivity index (χ0) is 26.6. The van der Waals surface area contributed by atoms with Gasteiger partial charge in [0, 0.05) is 42.6 Å². The fraction of sp³-hybridized carbons (Fsp3) is 0.321. The first kappa shape index (κ1) is 25.8. The van der Waals surface area contributed by atoms with Gasteiger partial charge in [-0.15, -0.1) is 0 Å². The number of nitrogens with zero attached hydrogens (tertiary/aromatic N) is 2. The predicted molar refractivity (Wildman–Crippen MR) is 150 cm³/mol. The summed E-state index contributed by atoms with van der Waals surface area (Å²) >= 11 is 6.10. The van der Waals surface area contributed by atoms with E-state index in [1.807, 2.05) is 43.3 Å². The molecule has 1 aliphatic rings. The maximum atomic E-state index is 12.9. The molecular formula is C28H30ClFN6O2. The van der Waals surface area contributed by atoms with Crippen LogP contribution < -0.4 is 21.1 Å². The maximum absolute atomic E-state index is 12.9. The first-order valence-corrected chi connectivity index (χ1v) is 13.1. The molecule has 198 valence electrons. The minimum atomic E-state index is -0.985. The molecule has 2 aromatic carbocycles. The Balaban J connectivity index is 1.35. The molecular weight excluding hydrogens is 507 g/mol. The second-order valence-electron chi connectivity index (χ2n) is 9.61. The first-order chi connectivity index (χ1) is 18.4. The van der Waals surface area contributed by atoms with Gasteiger partial charge in [0.05, 0.1) is 16.7 Å². The van der Waals surface area contributed by atoms with E-state index in [1.54, 1.807) is 6.20 Å². The van der Waals surface area contributed by atoms with Gasteiger partial charge in [-0.1, -0.05) is 23.7 Å². The van der Waals surface area contributed by atoms with Crippen LogP contribution in [0.4, 0.5) is 15.8 Å². The molecule has 0 aliphatic carbocycles. The summed E-state index contributed by atoms with van der Waals surface area (Å²) in [7, 11) is 0. The van der Waals surface area contributed by atoms with Crippen LogP contribution in [0.3, 0.4) is 0 Å². The average Bonchev–Trinajstić information content (AvgIpc) is 3.33. The number of aromatic amines is 2. The number of nitrogens with one attached hydrogen (secondary N) is 4. The van der Waals surface area contributed by atoms with Crippen LogP contribution in [0, 0.1) is 6.92 Å². The van der Waals surface area contributed by atoms with Crippen molar-refractivity contribution in [2.45, 2.75) is 32.2 Å². The number of carbonyl (C=O) groups excluding carboxylic acids is 1. The van der Waals surface area contributed by atoms with Crippen molar-refractivity contribution in [2.75, 3.05) is 36.5 Å². The van der Waals surface area contributed by atoms with Crippen molar-refractivity contribution in [1.82, 2.24) is 20.3 Å². The Bertz CT molecular complexity index is 1510. The molecule has 4 aromatic rings. The number of rotatable bonds is 8. The fourth-order valence-electron chi connectivity index (χ4n) is 5.02. The van der Waals surface area contributed by atoms with E-state index in [1.165, 1.54) is 0 Å². The van der Waals surface area contributed by atoms with Gasteiger partial charge in [0.2, 0.25) is 0 Å². The molecule has 1 aliphatic heterocycles. The highest BCUT2D eigenvalue weighted by Crippen LogP contribution is 2.30. The number of hydrogen-bond donors (Lipinski definition) is 4. The largest absolute Gasteiger partial charge is 0.384 e. The number of alkyl halides is 1. The molecule has 0 spiro atoms. The van der Waals surface area contributed by atoms with Crippen molar-refractivity contribution >= 4 is 39.9 Å². The van der Waals surface area contributed by atoms with Crippen LogP contribution in [-0.2, 0) is 11.2 Å². The summed E-state index contributed by atoms with van der Waals surface area (Å²) in [5, 5.41) is 6.82. The first-order valence-electron chi connectivity index (χ1n) is 12.7. The molecule has 38 heavy (non-hydrogen) atoms. The van der Waals surface area contributed by atoms with E-state index >= 15 is 0 Å². The highest BCUT2D eigenvalue weighted by molar-refractivity contribution is 6.30. The van der Waals surface area contributed by atoms with E-state index in [-0.39, 0.29) is 11.6 Å². The summed E-state index contributed by atoms with van der Waals surface area (Å²) in [4.78, 5) is 37.4. The highest BCUT2D eigenvalue weighted by atomic mass is 35.5. The van der Waals surface area contributed by atoms with Crippen LogP contribution in [0.5, 0.6) is 0 Å². The summed E-state index contributed by atoms with van der Waals surface area (Å²) in [5.74, 6) is -0.0556. The molecule has 0 saturated carbocycles. The van der Waals surface area contributed by atoms with Gasteiger partial charge in [-0.2, -0.15) is 0 Å². The molecule has 0 radical (unpaired) electrons. The molecule has 10 heteroatoms. The molecule has 0 atom stereocenters. The minimum absolute atomic E-state index is 0.00677. The van der Waals surface area contributed by atoms with E-state index in [0.717, 1.165) is 60.2 Å². The van der Waals surface area contributed by atoms with Crippen molar-refractivity contribution in [3.05, 3.63) is 75.2 Å². The number of carbonyl (C=O) groups is 1. The molecule has 2 aromatic heterocycles. The number of anilines is 2. The van der Waals surface area contributed by atoms with Gasteiger partial charge in [0.25, 0.3) is 11.5 Å². The molecule has 4 N–H and O–H groups in total. The Morgan fingerprint density at radius 2 is 2.03 bits per heavy atom. The molecule has 5 rings (SSSR count). The Morgan fingerprint density at radius 1 is 1.21 bits per heavy atom. The fourth-order valence-corrected chi connectivity index (χ4v) is 5.23. The van der Waals surface area contributed by atoms with Gasteiger partial charge in [-0.3, -0.25) is 9.59 Å². The third kappa shape index (κ3) is 5.67. The lowest BCUT2D eigenvalue weighted by molar-refractivity contribution is -0.122. The number of pyridine rings is 1. The van der Waals surface area contributed by atoms with Crippen LogP contribution in [0.15, 0.2) is 53.5 Å². The number of benzene rings is 2. The van der Waals surface area contributed by atoms with E-state index in [4.69, 9.17) is 16.6 Å². The lowest BCUT2D eigenvalue weighted by Crippen LogP contribution is -2.45. The number of halogens is 2. The second-order valence-corrected chi connectivity index (χ2v) is 10.0. The summed E-state index contributed by atoms with van der Waals surface area (Å²) in [6, 6.07) is 13.7. The lowest BCUT2D eigenvalue weighted by atomic mass is 10.0. The molecule has 1 amide bonds. The Hall–Kier alpha value is -3.85. The Morgan fingerprint density at radius 3 is 2.79 bits per heavy atom. The molecule has 0 bridgehead atoms. The Labute approximate surface area is 224 Å². The smallest absolute Gasteiger partial charge is 0.261 e. The number of imidazole rings is 1. The number of H-pyrrole nitrogens is 2. The third-order valence-corrected chi connectivity index (χ3v) is 7.16. The van der Waals surface area contributed by atoms with E-state index in [9.17, 15) is 14.0 Å². The van der Waals surface area contributed by atoms with Gasteiger partial charge >= 0.3 is 0 Å². The van der Waals surface area contributed by atoms with Crippen LogP contribution >= 0.6 is 11.6 Å². The molecule has 1 fully saturated rings. The average molecular weight is 537 g/mol. The van der Waals surface area contributed by atoms with Crippen molar-refractivity contribution in [2.24, 2.45) is 0 Å². The quantitative estimate of drug-likeness (QED) is 0.263. The van der Waals surface area contributed by atoms with E-state index in [0.29, 0.717) is 28.6 Å². The number of aryl methyl sites for hydroxylation is 1. The maximum Gasteiger partial charge on any atom is 0.261 e. The van der Waals surface area contributed by atoms with Crippen molar-refractivity contribution in [3.63, 3.8) is 0 Å².